The van der Waals surface area contributed by atoms with Gasteiger partial charge in [-0.15, -0.1) is 37.2 Å². The molecule has 9 heteroatoms. The van der Waals surface area contributed by atoms with Gasteiger partial charge in [0.2, 0.25) is 5.91 Å². The second-order valence-electron chi connectivity index (χ2n) is 9.33. The molecule has 0 saturated heterocycles. The molecule has 0 saturated carbocycles. The van der Waals surface area contributed by atoms with Crippen LogP contribution >= 0.6 is 37.2 Å². The molecule has 0 spiro atoms. The van der Waals surface area contributed by atoms with Gasteiger partial charge in [-0.1, -0.05) is 39.5 Å². The summed E-state index contributed by atoms with van der Waals surface area (Å²) in [7, 11) is 0. The number of carbonyl (C=O) groups excluding carboxylic acids is 3. The lowest BCUT2D eigenvalue weighted by Gasteiger charge is -2.31. The minimum Gasteiger partial charge on any atom is -0.356 e. The number of carbonyl (C=O) groups is 3. The Morgan fingerprint density at radius 1 is 0.735 bits per heavy atom. The Bertz CT molecular complexity index is 719. The molecule has 0 radical (unpaired) electrons. The van der Waals surface area contributed by atoms with Crippen molar-refractivity contribution in [1.29, 1.82) is 0 Å². The molecule has 1 rings (SSSR count). The fourth-order valence-corrected chi connectivity index (χ4v) is 4.13. The van der Waals surface area contributed by atoms with Crippen molar-refractivity contribution in [3.8, 4) is 0 Å². The summed E-state index contributed by atoms with van der Waals surface area (Å²) in [6.45, 7) is 12.1. The van der Waals surface area contributed by atoms with Gasteiger partial charge in [0.25, 0.3) is 0 Å². The molecule has 0 atom stereocenters. The predicted molar refractivity (Wildman–Crippen MR) is 148 cm³/mol. The van der Waals surface area contributed by atoms with Crippen LogP contribution in [0.4, 0.5) is 0 Å². The molecule has 0 aliphatic heterocycles. The molecule has 0 fully saturated rings. The van der Waals surface area contributed by atoms with E-state index in [1.54, 1.807) is 20.8 Å². The first-order valence-corrected chi connectivity index (χ1v) is 11.8. The Hall–Kier alpha value is -0.920. The van der Waals surface area contributed by atoms with Crippen LogP contribution < -0.4 is 16.4 Å². The van der Waals surface area contributed by atoms with E-state index in [-0.39, 0.29) is 61.1 Å². The molecule has 34 heavy (non-hydrogen) atoms. The Kier molecular flexibility index (Phi) is 21.3. The van der Waals surface area contributed by atoms with Crippen molar-refractivity contribution >= 4 is 54.7 Å². The lowest BCUT2D eigenvalue weighted by atomic mass is 9.71. The minimum atomic E-state index is -0.689. The number of amides is 1. The fourth-order valence-electron chi connectivity index (χ4n) is 4.13. The first-order valence-electron chi connectivity index (χ1n) is 11.8. The zero-order chi connectivity index (χ0) is 23.4. The summed E-state index contributed by atoms with van der Waals surface area (Å²) >= 11 is 0. The van der Waals surface area contributed by atoms with Gasteiger partial charge in [-0.25, -0.2) is 0 Å². The number of nitrogens with two attached hydrogens (primary N) is 1. The normalized spacial score (nSPS) is 13.8. The summed E-state index contributed by atoms with van der Waals surface area (Å²) in [4.78, 5) is 37.7. The number of ketones is 2. The van der Waals surface area contributed by atoms with Crippen molar-refractivity contribution in [2.75, 3.05) is 26.2 Å². The van der Waals surface area contributed by atoms with E-state index in [0.717, 1.165) is 32.5 Å². The lowest BCUT2D eigenvalue weighted by molar-refractivity contribution is -0.123. The van der Waals surface area contributed by atoms with Crippen LogP contribution in [0, 0.1) is 5.41 Å². The molecule has 0 heterocycles. The second kappa shape index (κ2) is 19.3. The summed E-state index contributed by atoms with van der Waals surface area (Å²) in [5.74, 6) is -0.301. The van der Waals surface area contributed by atoms with E-state index in [9.17, 15) is 14.4 Å². The van der Waals surface area contributed by atoms with Gasteiger partial charge in [0.05, 0.1) is 0 Å². The summed E-state index contributed by atoms with van der Waals surface area (Å²) < 4.78 is 0. The third-order valence-electron chi connectivity index (χ3n) is 6.13. The number of hydrogen-bond acceptors (Lipinski definition) is 5. The molecule has 200 valence electrons. The van der Waals surface area contributed by atoms with E-state index in [0.29, 0.717) is 28.8 Å². The molecule has 0 bridgehead atoms. The van der Waals surface area contributed by atoms with E-state index < -0.39 is 5.41 Å². The highest BCUT2D eigenvalue weighted by Crippen LogP contribution is 2.38. The van der Waals surface area contributed by atoms with Gasteiger partial charge in [0, 0.05) is 40.7 Å². The number of Topliss-reactive ketones (excluding diaryl/α,β-unsaturated/α-hetero) is 2. The van der Waals surface area contributed by atoms with Crippen LogP contribution in [0.2, 0.25) is 0 Å². The molecular formula is C25H46Cl3N3O3. The number of halogens is 3. The molecule has 1 aliphatic carbocycles. The molecule has 4 N–H and O–H groups in total. The van der Waals surface area contributed by atoms with Crippen LogP contribution in [-0.2, 0) is 14.4 Å². The van der Waals surface area contributed by atoms with Gasteiger partial charge in [-0.2, -0.15) is 0 Å². The smallest absolute Gasteiger partial charge is 0.220 e. The Morgan fingerprint density at radius 2 is 1.24 bits per heavy atom. The first-order chi connectivity index (χ1) is 14.6. The van der Waals surface area contributed by atoms with E-state index in [4.69, 9.17) is 5.73 Å². The largest absolute Gasteiger partial charge is 0.356 e. The lowest BCUT2D eigenvalue weighted by Crippen LogP contribution is -2.35. The van der Waals surface area contributed by atoms with Crippen molar-refractivity contribution in [2.45, 2.75) is 86.0 Å². The highest BCUT2D eigenvalue weighted by Gasteiger charge is 2.38. The maximum atomic E-state index is 12.8. The third kappa shape index (κ3) is 12.2. The Labute approximate surface area is 224 Å². The fraction of sp³-hybridized carbons (Fsp3) is 0.720. The number of unbranched alkanes of at least 4 members (excludes halogenated alkanes) is 5. The number of allylic oxidation sites excluding steroid dienone is 4. The van der Waals surface area contributed by atoms with Gasteiger partial charge in [0.1, 0.15) is 0 Å². The van der Waals surface area contributed by atoms with Crippen molar-refractivity contribution in [1.82, 2.24) is 10.6 Å². The predicted octanol–water partition coefficient (Wildman–Crippen LogP) is 4.87. The van der Waals surface area contributed by atoms with Crippen LogP contribution in [0.3, 0.4) is 0 Å². The average molecular weight is 543 g/mol. The highest BCUT2D eigenvalue weighted by atomic mass is 35.5. The number of nitrogens with one attached hydrogen (secondary N) is 2. The summed E-state index contributed by atoms with van der Waals surface area (Å²) in [6, 6.07) is 0. The van der Waals surface area contributed by atoms with Crippen LogP contribution in [0.5, 0.6) is 0 Å². The van der Waals surface area contributed by atoms with Crippen molar-refractivity contribution in [3.05, 3.63) is 22.3 Å². The summed E-state index contributed by atoms with van der Waals surface area (Å²) in [5.41, 5.74) is 6.73. The highest BCUT2D eigenvalue weighted by molar-refractivity contribution is 6.25. The topological polar surface area (TPSA) is 101 Å². The average Bonchev–Trinajstić information content (AvgIpc) is 2.71. The molecule has 0 aromatic rings. The monoisotopic (exact) mass is 541 g/mol. The van der Waals surface area contributed by atoms with Gasteiger partial charge in [-0.3, -0.25) is 14.4 Å². The van der Waals surface area contributed by atoms with Crippen molar-refractivity contribution in [3.63, 3.8) is 0 Å². The van der Waals surface area contributed by atoms with E-state index in [1.165, 1.54) is 32.1 Å². The maximum absolute atomic E-state index is 12.8. The molecular weight excluding hydrogens is 497 g/mol. The van der Waals surface area contributed by atoms with Gasteiger partial charge < -0.3 is 16.4 Å². The van der Waals surface area contributed by atoms with Crippen molar-refractivity contribution in [2.24, 2.45) is 11.1 Å². The van der Waals surface area contributed by atoms with Crippen LogP contribution in [0.1, 0.15) is 86.0 Å². The molecule has 0 unspecified atom stereocenters. The maximum Gasteiger partial charge on any atom is 0.220 e. The second-order valence-corrected chi connectivity index (χ2v) is 9.33. The standard InChI is InChI=1S/C25H43N3O3.3ClH/c1-18-19(2)24(31)22(20(3)23(18)30)25(4,5)17-21(29)28-16-12-15-27-14-11-9-7-6-8-10-13-26;;;/h27H,6-17,26H2,1-5H3,(H,28,29);3*1H. The van der Waals surface area contributed by atoms with E-state index in [1.807, 2.05) is 13.8 Å². The molecule has 1 amide bonds. The zero-order valence-electron chi connectivity index (χ0n) is 21.5. The number of hydrogen-bond donors (Lipinski definition) is 3. The van der Waals surface area contributed by atoms with Gasteiger partial charge in [-0.05, 0) is 59.7 Å². The quantitative estimate of drug-likeness (QED) is 0.202. The third-order valence-corrected chi connectivity index (χ3v) is 6.13. The SMILES string of the molecule is CC1=C(C)C(=O)C(C(C)(C)CC(=O)NCCCNCCCCCCCCN)=C(C)C1=O.Cl.Cl.Cl. The zero-order valence-corrected chi connectivity index (χ0v) is 24.0. The Morgan fingerprint density at radius 3 is 1.82 bits per heavy atom. The van der Waals surface area contributed by atoms with Gasteiger partial charge >= 0.3 is 0 Å². The minimum absolute atomic E-state index is 0. The van der Waals surface area contributed by atoms with Crippen LogP contribution in [0.15, 0.2) is 22.3 Å². The molecule has 1 aliphatic rings. The molecule has 6 nitrogen and oxygen atoms in total. The van der Waals surface area contributed by atoms with Gasteiger partial charge in [0.15, 0.2) is 11.6 Å². The Balaban J connectivity index is -0.00000320. The van der Waals surface area contributed by atoms with Crippen molar-refractivity contribution < 1.29 is 14.4 Å². The van der Waals surface area contributed by atoms with Crippen LogP contribution in [-0.4, -0.2) is 43.7 Å². The summed E-state index contributed by atoms with van der Waals surface area (Å²) in [5, 5.41) is 6.37. The first kappa shape index (κ1) is 37.6. The molecule has 0 aromatic heterocycles. The van der Waals surface area contributed by atoms with E-state index in [2.05, 4.69) is 10.6 Å². The van der Waals surface area contributed by atoms with E-state index >= 15 is 0 Å². The number of rotatable bonds is 15. The van der Waals surface area contributed by atoms with Crippen LogP contribution in [0.25, 0.3) is 0 Å². The molecule has 0 aromatic carbocycles. The summed E-state index contributed by atoms with van der Waals surface area (Å²) in [6.07, 6.45) is 8.37.